The summed E-state index contributed by atoms with van der Waals surface area (Å²) in [4.78, 5) is 17.8. The lowest BCUT2D eigenvalue weighted by Gasteiger charge is -2.04. The predicted molar refractivity (Wildman–Crippen MR) is 97.0 cm³/mol. The van der Waals surface area contributed by atoms with Crippen LogP contribution in [-0.2, 0) is 0 Å². The summed E-state index contributed by atoms with van der Waals surface area (Å²) in [7, 11) is 0. The first-order valence-corrected chi connectivity index (χ1v) is 8.62. The van der Waals surface area contributed by atoms with Crippen molar-refractivity contribution in [1.29, 1.82) is 0 Å². The Balaban J connectivity index is 1.99. The number of nitrogens with zero attached hydrogens (tertiary/aromatic N) is 1. The molecule has 24 heavy (non-hydrogen) atoms. The molecule has 0 radical (unpaired) electrons. The molecular weight excluding hydrogens is 320 g/mol. The molecule has 4 nitrogen and oxygen atoms in total. The van der Waals surface area contributed by atoms with Crippen molar-refractivity contribution in [2.24, 2.45) is 0 Å². The average Bonchev–Trinajstić information content (AvgIpc) is 3.09. The lowest BCUT2D eigenvalue weighted by Crippen LogP contribution is -2.24. The van der Waals surface area contributed by atoms with Crippen LogP contribution in [0.5, 0.6) is 0 Å². The van der Waals surface area contributed by atoms with Gasteiger partial charge in [-0.15, -0.1) is 11.3 Å². The first-order chi connectivity index (χ1) is 11.8. The molecule has 1 amide bonds. The maximum absolute atomic E-state index is 12.5. The monoisotopic (exact) mass is 338 g/mol. The second kappa shape index (κ2) is 7.86. The van der Waals surface area contributed by atoms with Gasteiger partial charge in [0.25, 0.3) is 5.91 Å². The zero-order valence-electron chi connectivity index (χ0n) is 13.1. The van der Waals surface area contributed by atoms with E-state index in [-0.39, 0.29) is 12.5 Å². The molecule has 0 unspecified atom stereocenters. The van der Waals surface area contributed by atoms with Crippen molar-refractivity contribution in [2.45, 2.75) is 6.42 Å². The quantitative estimate of drug-likeness (QED) is 0.675. The van der Waals surface area contributed by atoms with Gasteiger partial charge in [-0.1, -0.05) is 60.7 Å². The number of rotatable bonds is 6. The van der Waals surface area contributed by atoms with E-state index in [0.717, 1.165) is 16.1 Å². The third-order valence-electron chi connectivity index (χ3n) is 3.52. The molecule has 0 saturated heterocycles. The summed E-state index contributed by atoms with van der Waals surface area (Å²) >= 11 is 1.39. The molecule has 0 atom stereocenters. The summed E-state index contributed by atoms with van der Waals surface area (Å²) in [5.41, 5.74) is 2.61. The zero-order valence-corrected chi connectivity index (χ0v) is 13.9. The van der Waals surface area contributed by atoms with Gasteiger partial charge in [-0.2, -0.15) is 0 Å². The number of carbonyl (C=O) groups is 1. The minimum Gasteiger partial charge on any atom is -0.396 e. The summed E-state index contributed by atoms with van der Waals surface area (Å²) in [5.74, 6) is -0.151. The van der Waals surface area contributed by atoms with Crippen molar-refractivity contribution in [3.05, 3.63) is 65.5 Å². The van der Waals surface area contributed by atoms with E-state index in [2.05, 4.69) is 5.32 Å². The molecule has 0 aliphatic heterocycles. The third kappa shape index (κ3) is 3.69. The Hall–Kier alpha value is -2.50. The topological polar surface area (TPSA) is 62.2 Å². The number of hydrogen-bond acceptors (Lipinski definition) is 4. The Morgan fingerprint density at radius 1 is 1.00 bits per heavy atom. The van der Waals surface area contributed by atoms with E-state index >= 15 is 0 Å². The molecule has 0 saturated carbocycles. The van der Waals surface area contributed by atoms with Crippen LogP contribution in [0.4, 0.5) is 0 Å². The maximum Gasteiger partial charge on any atom is 0.263 e. The molecule has 2 aromatic carbocycles. The van der Waals surface area contributed by atoms with Crippen LogP contribution in [0, 0.1) is 0 Å². The van der Waals surface area contributed by atoms with Crippen LogP contribution in [0.3, 0.4) is 0 Å². The SMILES string of the molecule is O=C(NCCCO)c1sc(-c2ccccc2)nc1-c1ccccc1. The van der Waals surface area contributed by atoms with Crippen LogP contribution in [0.1, 0.15) is 16.1 Å². The molecular formula is C19H18N2O2S. The second-order valence-corrected chi connectivity index (χ2v) is 6.26. The number of aromatic nitrogens is 1. The number of carbonyl (C=O) groups excluding carboxylic acids is 1. The first kappa shape index (κ1) is 16.4. The molecule has 0 aliphatic rings. The predicted octanol–water partition coefficient (Wildman–Crippen LogP) is 3.59. The minimum absolute atomic E-state index is 0.0593. The molecule has 1 heterocycles. The summed E-state index contributed by atoms with van der Waals surface area (Å²) in [5, 5.41) is 12.5. The van der Waals surface area contributed by atoms with Crippen molar-refractivity contribution in [3.8, 4) is 21.8 Å². The van der Waals surface area contributed by atoms with Gasteiger partial charge in [0.15, 0.2) is 0 Å². The van der Waals surface area contributed by atoms with Gasteiger partial charge in [0.05, 0.1) is 5.69 Å². The number of hydrogen-bond donors (Lipinski definition) is 2. The standard InChI is InChI=1S/C19H18N2O2S/c22-13-7-12-20-18(23)17-16(14-8-3-1-4-9-14)21-19(24-17)15-10-5-2-6-11-15/h1-6,8-11,22H,7,12-13H2,(H,20,23). The third-order valence-corrected chi connectivity index (χ3v) is 4.63. The van der Waals surface area contributed by atoms with Crippen LogP contribution < -0.4 is 5.32 Å². The highest BCUT2D eigenvalue weighted by Crippen LogP contribution is 2.33. The highest BCUT2D eigenvalue weighted by atomic mass is 32.1. The van der Waals surface area contributed by atoms with Gasteiger partial charge in [-0.25, -0.2) is 4.98 Å². The number of amides is 1. The fourth-order valence-corrected chi connectivity index (χ4v) is 3.34. The molecule has 3 rings (SSSR count). The minimum atomic E-state index is -0.151. The van der Waals surface area contributed by atoms with Crippen LogP contribution in [0.2, 0.25) is 0 Å². The van der Waals surface area contributed by atoms with Gasteiger partial charge in [-0.05, 0) is 6.42 Å². The second-order valence-electron chi connectivity index (χ2n) is 5.26. The highest BCUT2D eigenvalue weighted by Gasteiger charge is 2.19. The molecule has 0 bridgehead atoms. The van der Waals surface area contributed by atoms with Gasteiger partial charge >= 0.3 is 0 Å². The molecule has 0 spiro atoms. The highest BCUT2D eigenvalue weighted by molar-refractivity contribution is 7.17. The van der Waals surface area contributed by atoms with E-state index < -0.39 is 0 Å². The van der Waals surface area contributed by atoms with Crippen LogP contribution in [0.15, 0.2) is 60.7 Å². The largest absolute Gasteiger partial charge is 0.396 e. The number of nitrogens with one attached hydrogen (secondary N) is 1. The van der Waals surface area contributed by atoms with Crippen molar-refractivity contribution in [2.75, 3.05) is 13.2 Å². The smallest absolute Gasteiger partial charge is 0.263 e. The zero-order chi connectivity index (χ0) is 16.8. The normalized spacial score (nSPS) is 10.5. The average molecular weight is 338 g/mol. The van der Waals surface area contributed by atoms with Gasteiger partial charge in [0, 0.05) is 24.3 Å². The van der Waals surface area contributed by atoms with Crippen molar-refractivity contribution >= 4 is 17.2 Å². The molecule has 3 aromatic rings. The van der Waals surface area contributed by atoms with Gasteiger partial charge < -0.3 is 10.4 Å². The summed E-state index contributed by atoms with van der Waals surface area (Å²) < 4.78 is 0. The van der Waals surface area contributed by atoms with Crippen LogP contribution in [0.25, 0.3) is 21.8 Å². The molecule has 0 aliphatic carbocycles. The molecule has 1 aromatic heterocycles. The van der Waals surface area contributed by atoms with E-state index in [9.17, 15) is 4.79 Å². The van der Waals surface area contributed by atoms with Crippen LogP contribution in [-0.4, -0.2) is 29.1 Å². The lowest BCUT2D eigenvalue weighted by molar-refractivity contribution is 0.0955. The van der Waals surface area contributed by atoms with E-state index in [1.807, 2.05) is 60.7 Å². The van der Waals surface area contributed by atoms with Crippen molar-refractivity contribution < 1.29 is 9.90 Å². The van der Waals surface area contributed by atoms with Crippen molar-refractivity contribution in [3.63, 3.8) is 0 Å². The molecule has 2 N–H and O–H groups in total. The Bertz CT molecular complexity index is 801. The van der Waals surface area contributed by atoms with E-state index in [1.165, 1.54) is 11.3 Å². The number of aliphatic hydroxyl groups excluding tert-OH is 1. The Labute approximate surface area is 144 Å². The number of thiazole rings is 1. The van der Waals surface area contributed by atoms with Crippen molar-refractivity contribution in [1.82, 2.24) is 10.3 Å². The van der Waals surface area contributed by atoms with E-state index in [1.54, 1.807) is 0 Å². The molecule has 122 valence electrons. The van der Waals surface area contributed by atoms with Gasteiger partial charge in [0.2, 0.25) is 0 Å². The van der Waals surface area contributed by atoms with E-state index in [4.69, 9.17) is 10.1 Å². The number of aliphatic hydroxyl groups is 1. The molecule has 0 fully saturated rings. The Kier molecular flexibility index (Phi) is 5.36. The van der Waals surface area contributed by atoms with E-state index in [0.29, 0.717) is 23.5 Å². The number of benzene rings is 2. The van der Waals surface area contributed by atoms with Gasteiger partial charge in [-0.3, -0.25) is 4.79 Å². The summed E-state index contributed by atoms with van der Waals surface area (Å²) in [6.07, 6.45) is 0.538. The Morgan fingerprint density at radius 2 is 1.62 bits per heavy atom. The molecule has 5 heteroatoms. The van der Waals surface area contributed by atoms with Crippen LogP contribution >= 0.6 is 11.3 Å². The fraction of sp³-hybridized carbons (Fsp3) is 0.158. The first-order valence-electron chi connectivity index (χ1n) is 7.80. The fourth-order valence-electron chi connectivity index (χ4n) is 2.33. The maximum atomic E-state index is 12.5. The van der Waals surface area contributed by atoms with Gasteiger partial charge in [0.1, 0.15) is 9.88 Å². The Morgan fingerprint density at radius 3 is 2.25 bits per heavy atom. The lowest BCUT2D eigenvalue weighted by atomic mass is 10.1. The summed E-state index contributed by atoms with van der Waals surface area (Å²) in [6.45, 7) is 0.506. The summed E-state index contributed by atoms with van der Waals surface area (Å²) in [6, 6.07) is 19.6.